The van der Waals surface area contributed by atoms with Gasteiger partial charge in [-0.25, -0.2) is 0 Å². The Morgan fingerprint density at radius 2 is 1.65 bits per heavy atom. The molecule has 1 saturated carbocycles. The van der Waals surface area contributed by atoms with Crippen LogP contribution in [0.4, 0.5) is 0 Å². The fourth-order valence-corrected chi connectivity index (χ4v) is 4.19. The summed E-state index contributed by atoms with van der Waals surface area (Å²) >= 11 is 0. The fourth-order valence-electron chi connectivity index (χ4n) is 4.19. The summed E-state index contributed by atoms with van der Waals surface area (Å²) in [5.74, 6) is -1.66. The summed E-state index contributed by atoms with van der Waals surface area (Å²) in [6, 6.07) is 0. The quantitative estimate of drug-likeness (QED) is 0.795. The second-order valence-electron chi connectivity index (χ2n) is 6.79. The van der Waals surface area contributed by atoms with Gasteiger partial charge < -0.3 is 5.11 Å². The molecule has 2 unspecified atom stereocenters. The van der Waals surface area contributed by atoms with Crippen molar-refractivity contribution in [2.75, 3.05) is 6.54 Å². The van der Waals surface area contributed by atoms with Crippen molar-refractivity contribution in [3.63, 3.8) is 0 Å². The van der Waals surface area contributed by atoms with Gasteiger partial charge in [0.2, 0.25) is 0 Å². The molecule has 5 nitrogen and oxygen atoms in total. The zero-order valence-corrected chi connectivity index (χ0v) is 12.6. The third-order valence-electron chi connectivity index (χ3n) is 6.00. The Morgan fingerprint density at radius 1 is 1.20 bits per heavy atom. The highest BCUT2D eigenvalue weighted by Crippen LogP contribution is 2.81. The van der Waals surface area contributed by atoms with E-state index in [2.05, 4.69) is 0 Å². The third kappa shape index (κ3) is 1.35. The number of aliphatic carboxylic acids is 1. The molecule has 0 spiro atoms. The summed E-state index contributed by atoms with van der Waals surface area (Å²) in [4.78, 5) is 36.5. The van der Waals surface area contributed by atoms with Gasteiger partial charge in [0, 0.05) is 18.7 Å². The molecular weight excluding hydrogens is 258 g/mol. The first-order valence-corrected chi connectivity index (χ1v) is 6.81. The molecular formula is C15H21NO4. The average Bonchev–Trinajstić information content (AvgIpc) is 2.56. The van der Waals surface area contributed by atoms with E-state index in [-0.39, 0.29) is 12.5 Å². The molecule has 2 atom stereocenters. The second kappa shape index (κ2) is 3.93. The van der Waals surface area contributed by atoms with Gasteiger partial charge in [-0.3, -0.25) is 19.3 Å². The van der Waals surface area contributed by atoms with Gasteiger partial charge in [0.25, 0.3) is 11.8 Å². The van der Waals surface area contributed by atoms with Gasteiger partial charge in [-0.05, 0) is 16.7 Å². The van der Waals surface area contributed by atoms with Crippen molar-refractivity contribution in [1.82, 2.24) is 4.90 Å². The molecule has 1 aliphatic heterocycles. The van der Waals surface area contributed by atoms with Gasteiger partial charge >= 0.3 is 5.97 Å². The number of carbonyl (C=O) groups excluding carboxylic acids is 2. The Balaban J connectivity index is 2.42. The lowest BCUT2D eigenvalue weighted by molar-refractivity contribution is -0.149. The van der Waals surface area contributed by atoms with E-state index < -0.39 is 34.0 Å². The lowest BCUT2D eigenvalue weighted by Gasteiger charge is -2.25. The van der Waals surface area contributed by atoms with Crippen LogP contribution in [0.25, 0.3) is 0 Å². The Labute approximate surface area is 118 Å². The van der Waals surface area contributed by atoms with Crippen LogP contribution in [-0.2, 0) is 14.4 Å². The zero-order chi connectivity index (χ0) is 15.5. The van der Waals surface area contributed by atoms with E-state index in [1.807, 2.05) is 34.6 Å². The van der Waals surface area contributed by atoms with Crippen molar-refractivity contribution >= 4 is 17.8 Å². The van der Waals surface area contributed by atoms with E-state index >= 15 is 0 Å². The highest BCUT2D eigenvalue weighted by atomic mass is 16.4. The molecule has 1 N–H and O–H groups in total. The summed E-state index contributed by atoms with van der Waals surface area (Å²) in [5.41, 5.74) is -2.04. The molecule has 0 aromatic carbocycles. The Morgan fingerprint density at radius 3 is 1.95 bits per heavy atom. The number of hydrogen-bond donors (Lipinski definition) is 1. The normalized spacial score (nSPS) is 35.0. The third-order valence-corrected chi connectivity index (χ3v) is 6.00. The number of imide groups is 1. The molecule has 2 amide bonds. The van der Waals surface area contributed by atoms with Crippen LogP contribution in [0.15, 0.2) is 12.2 Å². The molecule has 5 heteroatoms. The summed E-state index contributed by atoms with van der Waals surface area (Å²) in [6.07, 6.45) is 2.39. The molecule has 1 heterocycles. The first-order chi connectivity index (χ1) is 9.04. The molecule has 110 valence electrons. The lowest BCUT2D eigenvalue weighted by atomic mass is 9.83. The molecule has 2 rings (SSSR count). The molecule has 1 aliphatic carbocycles. The SMILES string of the molecule is CC(C)C1(C)C(C)(C)C1(CN1C(=O)C=CC1=O)C(=O)O. The Hall–Kier alpha value is -1.65. The van der Waals surface area contributed by atoms with Crippen molar-refractivity contribution in [3.8, 4) is 0 Å². The van der Waals surface area contributed by atoms with E-state index in [0.29, 0.717) is 0 Å². The van der Waals surface area contributed by atoms with E-state index in [1.54, 1.807) is 0 Å². The summed E-state index contributed by atoms with van der Waals surface area (Å²) in [6.45, 7) is 9.65. The minimum atomic E-state index is -1.09. The summed E-state index contributed by atoms with van der Waals surface area (Å²) in [7, 11) is 0. The average molecular weight is 279 g/mol. The van der Waals surface area contributed by atoms with Crippen LogP contribution >= 0.6 is 0 Å². The van der Waals surface area contributed by atoms with Gasteiger partial charge in [0.1, 0.15) is 0 Å². The van der Waals surface area contributed by atoms with E-state index in [0.717, 1.165) is 4.90 Å². The number of carboxylic acids is 1. The monoisotopic (exact) mass is 279 g/mol. The maximum Gasteiger partial charge on any atom is 0.312 e. The molecule has 0 saturated heterocycles. The maximum atomic E-state index is 12.0. The van der Waals surface area contributed by atoms with E-state index in [4.69, 9.17) is 0 Å². The number of rotatable bonds is 4. The lowest BCUT2D eigenvalue weighted by Crippen LogP contribution is -2.42. The molecule has 2 aliphatic rings. The van der Waals surface area contributed by atoms with Crippen LogP contribution in [0, 0.1) is 22.2 Å². The maximum absolute atomic E-state index is 12.0. The molecule has 0 bridgehead atoms. The fraction of sp³-hybridized carbons (Fsp3) is 0.667. The predicted octanol–water partition coefficient (Wildman–Crippen LogP) is 1.68. The standard InChI is InChI=1S/C15H21NO4/c1-9(2)14(5)13(3,4)15(14,12(19)20)8-16-10(17)6-7-11(16)18/h6-7,9H,8H2,1-5H3,(H,19,20). The van der Waals surface area contributed by atoms with Crippen LogP contribution in [0.2, 0.25) is 0 Å². The van der Waals surface area contributed by atoms with Crippen molar-refractivity contribution < 1.29 is 19.5 Å². The molecule has 0 aromatic heterocycles. The zero-order valence-electron chi connectivity index (χ0n) is 12.6. The molecule has 0 aromatic rings. The molecule has 1 fully saturated rings. The topological polar surface area (TPSA) is 74.7 Å². The number of amides is 2. The molecule has 20 heavy (non-hydrogen) atoms. The summed E-state index contributed by atoms with van der Waals surface area (Å²) < 4.78 is 0. The van der Waals surface area contributed by atoms with E-state index in [1.165, 1.54) is 12.2 Å². The van der Waals surface area contributed by atoms with Crippen molar-refractivity contribution in [1.29, 1.82) is 0 Å². The van der Waals surface area contributed by atoms with Crippen LogP contribution in [0.5, 0.6) is 0 Å². The molecule has 0 radical (unpaired) electrons. The van der Waals surface area contributed by atoms with Crippen molar-refractivity contribution in [2.24, 2.45) is 22.2 Å². The van der Waals surface area contributed by atoms with E-state index in [9.17, 15) is 19.5 Å². The van der Waals surface area contributed by atoms with Gasteiger partial charge in [0.05, 0.1) is 5.41 Å². The Kier molecular flexibility index (Phi) is 2.90. The number of hydrogen-bond acceptors (Lipinski definition) is 3. The number of nitrogens with zero attached hydrogens (tertiary/aromatic N) is 1. The minimum absolute atomic E-state index is 0.0608. The number of carboxylic acid groups (broad SMARTS) is 1. The van der Waals surface area contributed by atoms with Crippen LogP contribution in [0.3, 0.4) is 0 Å². The first-order valence-electron chi connectivity index (χ1n) is 6.81. The van der Waals surface area contributed by atoms with Crippen LogP contribution in [0.1, 0.15) is 34.6 Å². The highest BCUT2D eigenvalue weighted by Gasteiger charge is 2.84. The highest BCUT2D eigenvalue weighted by molar-refractivity contribution is 6.13. The first kappa shape index (κ1) is 14.8. The second-order valence-corrected chi connectivity index (χ2v) is 6.79. The summed E-state index contributed by atoms with van der Waals surface area (Å²) in [5, 5.41) is 9.79. The largest absolute Gasteiger partial charge is 0.481 e. The van der Waals surface area contributed by atoms with Crippen LogP contribution < -0.4 is 0 Å². The van der Waals surface area contributed by atoms with Crippen molar-refractivity contribution in [2.45, 2.75) is 34.6 Å². The van der Waals surface area contributed by atoms with Crippen molar-refractivity contribution in [3.05, 3.63) is 12.2 Å². The predicted molar refractivity (Wildman–Crippen MR) is 72.7 cm³/mol. The van der Waals surface area contributed by atoms with Gasteiger partial charge in [-0.2, -0.15) is 0 Å². The minimum Gasteiger partial charge on any atom is -0.481 e. The smallest absolute Gasteiger partial charge is 0.312 e. The van der Waals surface area contributed by atoms with Crippen LogP contribution in [-0.4, -0.2) is 34.3 Å². The Bertz CT molecular complexity index is 516. The number of carbonyl (C=O) groups is 3. The van der Waals surface area contributed by atoms with Gasteiger partial charge in [-0.15, -0.1) is 0 Å². The van der Waals surface area contributed by atoms with Gasteiger partial charge in [-0.1, -0.05) is 34.6 Å². The van der Waals surface area contributed by atoms with Gasteiger partial charge in [0.15, 0.2) is 0 Å².